The van der Waals surface area contributed by atoms with Crippen molar-refractivity contribution < 1.29 is 28.6 Å². The Balaban J connectivity index is 4.24. The minimum Gasteiger partial charge on any atom is -0.462 e. The molecule has 0 aromatic heterocycles. The zero-order chi connectivity index (χ0) is 43.8. The van der Waals surface area contributed by atoms with Crippen molar-refractivity contribution >= 4 is 17.9 Å². The van der Waals surface area contributed by atoms with Crippen molar-refractivity contribution in [3.63, 3.8) is 0 Å². The molecule has 0 unspecified atom stereocenters. The average molecular weight is 849 g/mol. The second-order valence-electron chi connectivity index (χ2n) is 19.0. The highest BCUT2D eigenvalue weighted by molar-refractivity contribution is 5.71. The molecule has 0 N–H and O–H groups in total. The van der Waals surface area contributed by atoms with E-state index in [2.05, 4.69) is 27.7 Å². The van der Waals surface area contributed by atoms with Crippen LogP contribution in [0.2, 0.25) is 0 Å². The minimum atomic E-state index is -0.760. The van der Waals surface area contributed by atoms with Crippen molar-refractivity contribution in [2.24, 2.45) is 5.92 Å². The fourth-order valence-electron chi connectivity index (χ4n) is 8.22. The largest absolute Gasteiger partial charge is 0.462 e. The van der Waals surface area contributed by atoms with E-state index in [1.54, 1.807) is 0 Å². The van der Waals surface area contributed by atoms with Gasteiger partial charge in [0.05, 0.1) is 0 Å². The van der Waals surface area contributed by atoms with Crippen LogP contribution in [0.3, 0.4) is 0 Å². The molecule has 1 atom stereocenters. The Labute approximate surface area is 374 Å². The van der Waals surface area contributed by atoms with Gasteiger partial charge >= 0.3 is 17.9 Å². The molecule has 0 aromatic carbocycles. The Morgan fingerprint density at radius 2 is 0.550 bits per heavy atom. The summed E-state index contributed by atoms with van der Waals surface area (Å²) in [6.07, 6.45) is 50.9. The van der Waals surface area contributed by atoms with E-state index >= 15 is 0 Å². The maximum atomic E-state index is 12.8. The van der Waals surface area contributed by atoms with Gasteiger partial charge in [0.15, 0.2) is 6.10 Å². The number of unbranched alkanes of at least 4 members (excludes halogenated alkanes) is 36. The lowest BCUT2D eigenvalue weighted by Crippen LogP contribution is -2.30. The molecule has 0 aliphatic rings. The predicted molar refractivity (Wildman–Crippen MR) is 257 cm³/mol. The number of carbonyl (C=O) groups is 3. The molecule has 0 bridgehead atoms. The summed E-state index contributed by atoms with van der Waals surface area (Å²) in [5, 5.41) is 0. The lowest BCUT2D eigenvalue weighted by atomic mass is 10.0. The molecule has 356 valence electrons. The summed E-state index contributed by atoms with van der Waals surface area (Å²) < 4.78 is 16.8. The third-order valence-corrected chi connectivity index (χ3v) is 12.3. The minimum absolute atomic E-state index is 0.0626. The summed E-state index contributed by atoms with van der Waals surface area (Å²) in [6, 6.07) is 0. The predicted octanol–water partition coefficient (Wildman–Crippen LogP) is 17.5. The lowest BCUT2D eigenvalue weighted by molar-refractivity contribution is -0.167. The fourth-order valence-corrected chi connectivity index (χ4v) is 8.22. The first kappa shape index (κ1) is 58.4. The van der Waals surface area contributed by atoms with Crippen LogP contribution in [0.15, 0.2) is 0 Å². The Kier molecular flexibility index (Phi) is 47.2. The van der Waals surface area contributed by atoms with Crippen LogP contribution in [0, 0.1) is 5.92 Å². The van der Waals surface area contributed by atoms with Crippen LogP contribution in [-0.2, 0) is 28.6 Å². The molecule has 0 fully saturated rings. The molecule has 0 heterocycles. The number of esters is 3. The third kappa shape index (κ3) is 47.5. The van der Waals surface area contributed by atoms with Crippen molar-refractivity contribution in [2.75, 3.05) is 13.2 Å². The van der Waals surface area contributed by atoms with Gasteiger partial charge in [-0.15, -0.1) is 0 Å². The van der Waals surface area contributed by atoms with Crippen LogP contribution in [0.5, 0.6) is 0 Å². The maximum Gasteiger partial charge on any atom is 0.306 e. The summed E-state index contributed by atoms with van der Waals surface area (Å²) in [4.78, 5) is 37.9. The summed E-state index contributed by atoms with van der Waals surface area (Å²) in [7, 11) is 0. The number of ether oxygens (including phenoxy) is 3. The lowest BCUT2D eigenvalue weighted by Gasteiger charge is -2.18. The van der Waals surface area contributed by atoms with Crippen molar-refractivity contribution in [2.45, 2.75) is 310 Å². The van der Waals surface area contributed by atoms with Crippen LogP contribution in [-0.4, -0.2) is 37.2 Å². The molecule has 0 aliphatic heterocycles. The van der Waals surface area contributed by atoms with E-state index in [1.165, 1.54) is 199 Å². The zero-order valence-electron chi connectivity index (χ0n) is 40.9. The summed E-state index contributed by atoms with van der Waals surface area (Å²) in [5.41, 5.74) is 0. The van der Waals surface area contributed by atoms with Crippen LogP contribution >= 0.6 is 0 Å². The second kappa shape index (κ2) is 48.4. The molecular formula is C54H104O6. The third-order valence-electron chi connectivity index (χ3n) is 12.3. The molecule has 0 saturated heterocycles. The van der Waals surface area contributed by atoms with Gasteiger partial charge in [-0.1, -0.05) is 265 Å². The number of hydrogen-bond donors (Lipinski definition) is 0. The quantitative estimate of drug-likeness (QED) is 0.0345. The molecule has 0 rings (SSSR count). The molecule has 60 heavy (non-hydrogen) atoms. The normalized spacial score (nSPS) is 11.9. The summed E-state index contributed by atoms with van der Waals surface area (Å²) in [5.74, 6) is -0.00422. The van der Waals surface area contributed by atoms with Gasteiger partial charge in [-0.2, -0.15) is 0 Å². The number of hydrogen-bond acceptors (Lipinski definition) is 6. The van der Waals surface area contributed by atoms with Gasteiger partial charge in [0.25, 0.3) is 0 Å². The van der Waals surface area contributed by atoms with Gasteiger partial charge in [-0.25, -0.2) is 0 Å². The van der Waals surface area contributed by atoms with Crippen LogP contribution < -0.4 is 0 Å². The Morgan fingerprint density at radius 1 is 0.317 bits per heavy atom. The van der Waals surface area contributed by atoms with E-state index in [-0.39, 0.29) is 31.1 Å². The first-order valence-electron chi connectivity index (χ1n) is 26.9. The monoisotopic (exact) mass is 849 g/mol. The standard InChI is InChI=1S/C54H104O6/c1-5-7-9-11-13-15-16-17-18-19-20-23-27-31-35-39-43-47-54(57)60-51(48-58-52(55)45-41-37-33-28-14-12-10-8-6-2)49-59-53(56)46-42-38-34-30-26-24-21-22-25-29-32-36-40-44-50(3)4/h50-51H,5-49H2,1-4H3/t51-/m1/s1. The number of carbonyl (C=O) groups excluding carboxylic acids is 3. The highest BCUT2D eigenvalue weighted by atomic mass is 16.6. The van der Waals surface area contributed by atoms with E-state index < -0.39 is 6.10 Å². The first-order chi connectivity index (χ1) is 29.4. The van der Waals surface area contributed by atoms with Crippen LogP contribution in [0.1, 0.15) is 304 Å². The van der Waals surface area contributed by atoms with Gasteiger partial charge in [0.1, 0.15) is 13.2 Å². The van der Waals surface area contributed by atoms with Gasteiger partial charge in [0.2, 0.25) is 0 Å². The van der Waals surface area contributed by atoms with Crippen molar-refractivity contribution in [1.82, 2.24) is 0 Å². The molecule has 0 radical (unpaired) electrons. The van der Waals surface area contributed by atoms with Crippen molar-refractivity contribution in [3.05, 3.63) is 0 Å². The molecule has 0 amide bonds. The molecule has 6 heteroatoms. The summed E-state index contributed by atoms with van der Waals surface area (Å²) >= 11 is 0. The van der Waals surface area contributed by atoms with Crippen LogP contribution in [0.4, 0.5) is 0 Å². The number of rotatable bonds is 49. The molecule has 0 spiro atoms. The second-order valence-corrected chi connectivity index (χ2v) is 19.0. The van der Waals surface area contributed by atoms with Crippen molar-refractivity contribution in [1.29, 1.82) is 0 Å². The maximum absolute atomic E-state index is 12.8. The Hall–Kier alpha value is -1.59. The van der Waals surface area contributed by atoms with Gasteiger partial charge < -0.3 is 14.2 Å². The van der Waals surface area contributed by atoms with Crippen molar-refractivity contribution in [3.8, 4) is 0 Å². The molecule has 0 aliphatic carbocycles. The molecular weight excluding hydrogens is 745 g/mol. The van der Waals surface area contributed by atoms with E-state index in [1.807, 2.05) is 0 Å². The molecule has 0 saturated carbocycles. The summed E-state index contributed by atoms with van der Waals surface area (Å²) in [6.45, 7) is 9.03. The van der Waals surface area contributed by atoms with Gasteiger partial charge in [-0.3, -0.25) is 14.4 Å². The zero-order valence-corrected chi connectivity index (χ0v) is 40.9. The highest BCUT2D eigenvalue weighted by Crippen LogP contribution is 2.17. The highest BCUT2D eigenvalue weighted by Gasteiger charge is 2.19. The van der Waals surface area contributed by atoms with E-state index in [9.17, 15) is 14.4 Å². The Bertz CT molecular complexity index is 903. The van der Waals surface area contributed by atoms with Crippen LogP contribution in [0.25, 0.3) is 0 Å². The van der Waals surface area contributed by atoms with Gasteiger partial charge in [0, 0.05) is 19.3 Å². The fraction of sp³-hybridized carbons (Fsp3) is 0.944. The van der Waals surface area contributed by atoms with E-state index in [4.69, 9.17) is 14.2 Å². The molecule has 0 aromatic rings. The molecule has 6 nitrogen and oxygen atoms in total. The first-order valence-corrected chi connectivity index (χ1v) is 26.9. The smallest absolute Gasteiger partial charge is 0.306 e. The van der Waals surface area contributed by atoms with E-state index in [0.29, 0.717) is 19.3 Å². The van der Waals surface area contributed by atoms with E-state index in [0.717, 1.165) is 63.7 Å². The van der Waals surface area contributed by atoms with Gasteiger partial charge in [-0.05, 0) is 25.2 Å². The Morgan fingerprint density at radius 3 is 0.817 bits per heavy atom. The topological polar surface area (TPSA) is 78.9 Å². The average Bonchev–Trinajstić information content (AvgIpc) is 3.23. The SMILES string of the molecule is CCCCCCCCCCCCCCCCCCCC(=O)O[C@H](COC(=O)CCCCCCCCCCC)COC(=O)CCCCCCCCCCCCCCCC(C)C.